The molecule has 1 aliphatic heterocycles. The molecule has 0 bridgehead atoms. The van der Waals surface area contributed by atoms with Gasteiger partial charge in [0.1, 0.15) is 5.82 Å². The van der Waals surface area contributed by atoms with E-state index in [1.54, 1.807) is 0 Å². The minimum atomic E-state index is 0.501. The fraction of sp³-hybridized carbons (Fsp3) is 0.667. The smallest absolute Gasteiger partial charge is 0.133 e. The molecule has 2 rings (SSSR count). The van der Waals surface area contributed by atoms with Crippen LogP contribution in [-0.2, 0) is 6.54 Å². The Balaban J connectivity index is 2.07. The number of rotatable bonds is 5. The van der Waals surface area contributed by atoms with Crippen LogP contribution in [0, 0.1) is 0 Å². The summed E-state index contributed by atoms with van der Waals surface area (Å²) < 4.78 is 0. The Bertz CT molecular complexity index is 403. The second kappa shape index (κ2) is 6.35. The summed E-state index contributed by atoms with van der Waals surface area (Å²) in [5.41, 5.74) is 1.30. The average molecular weight is 262 g/mol. The molecule has 1 atom stereocenters. The zero-order valence-electron chi connectivity index (χ0n) is 12.6. The summed E-state index contributed by atoms with van der Waals surface area (Å²) in [7, 11) is 4.32. The zero-order chi connectivity index (χ0) is 13.8. The van der Waals surface area contributed by atoms with Gasteiger partial charge in [-0.25, -0.2) is 4.98 Å². The Morgan fingerprint density at radius 1 is 1.47 bits per heavy atom. The minimum Gasteiger partial charge on any atom is -0.355 e. The van der Waals surface area contributed by atoms with Crippen LogP contribution >= 0.6 is 0 Å². The maximum absolute atomic E-state index is 4.60. The lowest BCUT2D eigenvalue weighted by atomic mass is 10.2. The highest BCUT2D eigenvalue weighted by Gasteiger charge is 2.26. The highest BCUT2D eigenvalue weighted by molar-refractivity contribution is 5.48. The van der Waals surface area contributed by atoms with Crippen LogP contribution in [0.2, 0.25) is 0 Å². The normalized spacial score (nSPS) is 19.7. The van der Waals surface area contributed by atoms with Crippen LogP contribution in [0.5, 0.6) is 0 Å². The van der Waals surface area contributed by atoms with Gasteiger partial charge in [-0.2, -0.15) is 0 Å². The van der Waals surface area contributed by atoms with Gasteiger partial charge in [0.15, 0.2) is 0 Å². The van der Waals surface area contributed by atoms with E-state index in [4.69, 9.17) is 0 Å². The largest absolute Gasteiger partial charge is 0.355 e. The van der Waals surface area contributed by atoms with Crippen LogP contribution in [0.25, 0.3) is 0 Å². The molecule has 0 aliphatic carbocycles. The number of hydrogen-bond donors (Lipinski definition) is 1. The lowest BCUT2D eigenvalue weighted by molar-refractivity contribution is 0.315. The zero-order valence-corrected chi connectivity index (χ0v) is 12.6. The maximum Gasteiger partial charge on any atom is 0.133 e. The molecule has 1 saturated heterocycles. The third-order valence-corrected chi connectivity index (χ3v) is 3.76. The lowest BCUT2D eigenvalue weighted by Gasteiger charge is -2.23. The van der Waals surface area contributed by atoms with Crippen LogP contribution in [0.3, 0.4) is 0 Å². The molecule has 0 amide bonds. The molecule has 4 nitrogen and oxygen atoms in total. The number of anilines is 1. The first-order chi connectivity index (χ1) is 9.08. The van der Waals surface area contributed by atoms with Gasteiger partial charge in [-0.1, -0.05) is 19.9 Å². The molecule has 1 N–H and O–H groups in total. The van der Waals surface area contributed by atoms with E-state index in [-0.39, 0.29) is 0 Å². The Labute approximate surface area is 116 Å². The number of likely N-dealkylation sites (N-methyl/N-ethyl adjacent to an activating group) is 1. The van der Waals surface area contributed by atoms with Crippen molar-refractivity contribution >= 4 is 5.82 Å². The summed E-state index contributed by atoms with van der Waals surface area (Å²) >= 11 is 0. The molecule has 0 saturated carbocycles. The van der Waals surface area contributed by atoms with Gasteiger partial charge in [-0.05, 0) is 26.6 Å². The van der Waals surface area contributed by atoms with Crippen LogP contribution in [-0.4, -0.2) is 49.2 Å². The van der Waals surface area contributed by atoms with Gasteiger partial charge in [-0.3, -0.25) is 0 Å². The average Bonchev–Trinajstić information content (AvgIpc) is 2.86. The summed E-state index contributed by atoms with van der Waals surface area (Å²) in [6, 6.07) is 5.36. The van der Waals surface area contributed by atoms with Crippen molar-refractivity contribution in [2.75, 3.05) is 32.1 Å². The SMILES string of the molecule is CC(C)NCc1cccnc1N1CCC(N(C)C)C1. The fourth-order valence-electron chi connectivity index (χ4n) is 2.52. The van der Waals surface area contributed by atoms with E-state index in [0.717, 1.165) is 25.5 Å². The van der Waals surface area contributed by atoms with E-state index in [2.05, 4.69) is 54.1 Å². The van der Waals surface area contributed by atoms with Crippen LogP contribution in [0.4, 0.5) is 5.82 Å². The van der Waals surface area contributed by atoms with Crippen molar-refractivity contribution in [1.82, 2.24) is 15.2 Å². The molecule has 1 aromatic heterocycles. The van der Waals surface area contributed by atoms with E-state index in [0.29, 0.717) is 12.1 Å². The third-order valence-electron chi connectivity index (χ3n) is 3.76. The quantitative estimate of drug-likeness (QED) is 0.875. The summed E-state index contributed by atoms with van der Waals surface area (Å²) in [6.07, 6.45) is 3.12. The fourth-order valence-corrected chi connectivity index (χ4v) is 2.52. The van der Waals surface area contributed by atoms with Crippen molar-refractivity contribution in [3.63, 3.8) is 0 Å². The van der Waals surface area contributed by atoms with Gasteiger partial charge in [0.05, 0.1) is 0 Å². The van der Waals surface area contributed by atoms with Crippen molar-refractivity contribution in [1.29, 1.82) is 0 Å². The number of hydrogen-bond acceptors (Lipinski definition) is 4. The maximum atomic E-state index is 4.60. The second-order valence-electron chi connectivity index (χ2n) is 5.87. The van der Waals surface area contributed by atoms with Crippen molar-refractivity contribution in [2.24, 2.45) is 0 Å². The van der Waals surface area contributed by atoms with Gasteiger partial charge in [0, 0.05) is 43.5 Å². The van der Waals surface area contributed by atoms with Gasteiger partial charge in [0.2, 0.25) is 0 Å². The van der Waals surface area contributed by atoms with Gasteiger partial charge in [0.25, 0.3) is 0 Å². The first-order valence-electron chi connectivity index (χ1n) is 7.16. The Morgan fingerprint density at radius 3 is 2.89 bits per heavy atom. The van der Waals surface area contributed by atoms with E-state index in [1.165, 1.54) is 12.0 Å². The molecule has 19 heavy (non-hydrogen) atoms. The molecule has 4 heteroatoms. The summed E-state index contributed by atoms with van der Waals surface area (Å²) in [5.74, 6) is 1.15. The Morgan fingerprint density at radius 2 is 2.26 bits per heavy atom. The van der Waals surface area contributed by atoms with Gasteiger partial charge in [-0.15, -0.1) is 0 Å². The molecule has 0 aromatic carbocycles. The van der Waals surface area contributed by atoms with E-state index in [1.807, 2.05) is 12.3 Å². The topological polar surface area (TPSA) is 31.4 Å². The first kappa shape index (κ1) is 14.3. The molecule has 106 valence electrons. The molecule has 0 spiro atoms. The highest BCUT2D eigenvalue weighted by Crippen LogP contribution is 2.23. The van der Waals surface area contributed by atoms with E-state index in [9.17, 15) is 0 Å². The predicted octanol–water partition coefficient (Wildman–Crippen LogP) is 1.72. The molecule has 2 heterocycles. The van der Waals surface area contributed by atoms with Crippen molar-refractivity contribution in [3.05, 3.63) is 23.9 Å². The number of pyridine rings is 1. The molecule has 1 fully saturated rings. The Hall–Kier alpha value is -1.13. The summed E-state index contributed by atoms with van der Waals surface area (Å²) in [4.78, 5) is 9.33. The van der Waals surface area contributed by atoms with Crippen LogP contribution in [0.1, 0.15) is 25.8 Å². The van der Waals surface area contributed by atoms with Crippen molar-refractivity contribution < 1.29 is 0 Å². The molecule has 1 aliphatic rings. The number of nitrogens with zero attached hydrogens (tertiary/aromatic N) is 3. The molecule has 1 aromatic rings. The minimum absolute atomic E-state index is 0.501. The molecule has 0 radical (unpaired) electrons. The van der Waals surface area contributed by atoms with Gasteiger partial charge >= 0.3 is 0 Å². The molecular weight excluding hydrogens is 236 g/mol. The highest BCUT2D eigenvalue weighted by atomic mass is 15.3. The monoisotopic (exact) mass is 262 g/mol. The summed E-state index contributed by atoms with van der Waals surface area (Å²) in [5, 5.41) is 3.48. The molecular formula is C15H26N4. The number of nitrogens with one attached hydrogen (secondary N) is 1. The first-order valence-corrected chi connectivity index (χ1v) is 7.16. The van der Waals surface area contributed by atoms with E-state index < -0.39 is 0 Å². The Kier molecular flexibility index (Phi) is 4.77. The van der Waals surface area contributed by atoms with Gasteiger partial charge < -0.3 is 15.1 Å². The van der Waals surface area contributed by atoms with Crippen LogP contribution < -0.4 is 10.2 Å². The molecule has 1 unspecified atom stereocenters. The predicted molar refractivity (Wildman–Crippen MR) is 80.5 cm³/mol. The lowest BCUT2D eigenvalue weighted by Crippen LogP contribution is -2.32. The summed E-state index contributed by atoms with van der Waals surface area (Å²) in [6.45, 7) is 7.43. The second-order valence-corrected chi connectivity index (χ2v) is 5.87. The third kappa shape index (κ3) is 3.67. The van der Waals surface area contributed by atoms with Crippen molar-refractivity contribution in [3.8, 4) is 0 Å². The standard InChI is InChI=1S/C15H26N4/c1-12(2)17-10-13-6-5-8-16-15(13)19-9-7-14(11-19)18(3)4/h5-6,8,12,14,17H,7,9-11H2,1-4H3. The van der Waals surface area contributed by atoms with E-state index >= 15 is 0 Å². The van der Waals surface area contributed by atoms with Crippen molar-refractivity contribution in [2.45, 2.75) is 38.9 Å². The van der Waals surface area contributed by atoms with Crippen LogP contribution in [0.15, 0.2) is 18.3 Å². The number of aromatic nitrogens is 1.